The van der Waals surface area contributed by atoms with E-state index in [0.717, 1.165) is 11.6 Å². The molecule has 1 rings (SSSR count). The Balaban J connectivity index is 2.34. The fraction of sp³-hybridized carbons (Fsp3) is 0.800. The van der Waals surface area contributed by atoms with E-state index < -0.39 is 0 Å². The Labute approximate surface area is 54.2 Å². The van der Waals surface area contributed by atoms with Gasteiger partial charge in [0.1, 0.15) is 4.99 Å². The first-order valence-corrected chi connectivity index (χ1v) is 3.07. The smallest absolute Gasteiger partial charge is 0.102 e. The lowest BCUT2D eigenvalue weighted by Gasteiger charge is -2.21. The van der Waals surface area contributed by atoms with Crippen molar-refractivity contribution in [3.8, 4) is 0 Å². The molecule has 1 atom stereocenters. The van der Waals surface area contributed by atoms with Gasteiger partial charge in [-0.05, 0) is 6.92 Å². The first-order chi connectivity index (χ1) is 3.79. The van der Waals surface area contributed by atoms with E-state index in [9.17, 15) is 0 Å². The maximum Gasteiger partial charge on any atom is 0.102 e. The highest BCUT2D eigenvalue weighted by molar-refractivity contribution is 7.80. The molecule has 1 heterocycles. The highest BCUT2D eigenvalue weighted by atomic mass is 32.1. The number of nitrogens with one attached hydrogen (secondary N) is 1. The third-order valence-electron chi connectivity index (χ3n) is 1.01. The van der Waals surface area contributed by atoms with Crippen LogP contribution < -0.4 is 5.32 Å². The number of hydrogen-bond donors (Lipinski definition) is 1. The van der Waals surface area contributed by atoms with E-state index in [1.807, 2.05) is 6.92 Å². The molecule has 0 aromatic rings. The minimum Gasteiger partial charge on any atom is -0.373 e. The molecule has 0 spiro atoms. The van der Waals surface area contributed by atoms with Gasteiger partial charge in [-0.1, -0.05) is 12.2 Å². The van der Waals surface area contributed by atoms with Crippen LogP contribution in [0.15, 0.2) is 0 Å². The minimum absolute atomic E-state index is 0.399. The molecule has 1 aliphatic rings. The number of morpholine rings is 1. The van der Waals surface area contributed by atoms with Gasteiger partial charge in [-0.25, -0.2) is 0 Å². The molecule has 1 unspecified atom stereocenters. The highest BCUT2D eigenvalue weighted by Gasteiger charge is 2.09. The van der Waals surface area contributed by atoms with Gasteiger partial charge in [-0.2, -0.15) is 0 Å². The molecule has 0 aromatic carbocycles. The predicted octanol–water partition coefficient (Wildman–Crippen LogP) is 0.322. The van der Waals surface area contributed by atoms with Crippen molar-refractivity contribution in [2.24, 2.45) is 0 Å². The van der Waals surface area contributed by atoms with Crippen molar-refractivity contribution >= 4 is 17.2 Å². The predicted molar refractivity (Wildman–Crippen MR) is 36.0 cm³/mol. The van der Waals surface area contributed by atoms with E-state index in [1.165, 1.54) is 0 Å². The molecule has 3 heteroatoms. The molecule has 0 aliphatic carbocycles. The minimum atomic E-state index is 0.399. The molecule has 0 amide bonds. The second-order valence-electron chi connectivity index (χ2n) is 1.98. The fourth-order valence-corrected chi connectivity index (χ4v) is 0.971. The summed E-state index contributed by atoms with van der Waals surface area (Å²) in [5, 5.41) is 3.09. The van der Waals surface area contributed by atoms with E-state index in [4.69, 9.17) is 17.0 Å². The molecule has 1 aliphatic heterocycles. The second-order valence-corrected chi connectivity index (χ2v) is 2.48. The van der Waals surface area contributed by atoms with Crippen LogP contribution in [0.25, 0.3) is 0 Å². The molecule has 2 nitrogen and oxygen atoms in total. The van der Waals surface area contributed by atoms with Crippen LogP contribution in [0, 0.1) is 0 Å². The van der Waals surface area contributed by atoms with Crippen LogP contribution in [-0.4, -0.2) is 24.2 Å². The summed E-state index contributed by atoms with van der Waals surface area (Å²) in [6.45, 7) is 3.42. The van der Waals surface area contributed by atoms with E-state index in [-0.39, 0.29) is 0 Å². The largest absolute Gasteiger partial charge is 0.373 e. The van der Waals surface area contributed by atoms with Crippen molar-refractivity contribution in [2.75, 3.05) is 13.2 Å². The normalized spacial score (nSPS) is 29.6. The molecular formula is C5H9NOS. The van der Waals surface area contributed by atoms with E-state index in [0.29, 0.717) is 12.6 Å². The Bertz CT molecular complexity index is 105. The number of hydrogen-bond acceptors (Lipinski definition) is 2. The van der Waals surface area contributed by atoms with Gasteiger partial charge in [0, 0.05) is 6.04 Å². The summed E-state index contributed by atoms with van der Waals surface area (Å²) in [5.41, 5.74) is 0. The molecule has 1 saturated heterocycles. The van der Waals surface area contributed by atoms with E-state index in [2.05, 4.69) is 5.32 Å². The van der Waals surface area contributed by atoms with Gasteiger partial charge in [-0.3, -0.25) is 0 Å². The quantitative estimate of drug-likeness (QED) is 0.478. The van der Waals surface area contributed by atoms with Crippen LogP contribution in [0.1, 0.15) is 6.92 Å². The van der Waals surface area contributed by atoms with Gasteiger partial charge in [0.05, 0.1) is 13.2 Å². The number of ether oxygens (including phenoxy) is 1. The average Bonchev–Trinajstić information content (AvgIpc) is 1.64. The second kappa shape index (κ2) is 2.42. The first-order valence-electron chi connectivity index (χ1n) is 2.66. The van der Waals surface area contributed by atoms with Crippen molar-refractivity contribution in [3.63, 3.8) is 0 Å². The molecule has 0 radical (unpaired) electrons. The van der Waals surface area contributed by atoms with E-state index >= 15 is 0 Å². The maximum absolute atomic E-state index is 5.09. The molecule has 0 aromatic heterocycles. The van der Waals surface area contributed by atoms with Crippen molar-refractivity contribution in [1.82, 2.24) is 5.32 Å². The molecule has 0 bridgehead atoms. The van der Waals surface area contributed by atoms with Gasteiger partial charge in [0.15, 0.2) is 0 Å². The van der Waals surface area contributed by atoms with Crippen LogP contribution in [0.2, 0.25) is 0 Å². The zero-order valence-electron chi connectivity index (χ0n) is 4.81. The summed E-state index contributed by atoms with van der Waals surface area (Å²) in [7, 11) is 0. The monoisotopic (exact) mass is 131 g/mol. The zero-order valence-corrected chi connectivity index (χ0v) is 5.62. The van der Waals surface area contributed by atoms with Crippen LogP contribution >= 0.6 is 12.2 Å². The third-order valence-corrected chi connectivity index (χ3v) is 1.24. The van der Waals surface area contributed by atoms with Gasteiger partial charge in [0.25, 0.3) is 0 Å². The summed E-state index contributed by atoms with van der Waals surface area (Å²) in [5.74, 6) is 0. The molecule has 1 fully saturated rings. The summed E-state index contributed by atoms with van der Waals surface area (Å²) in [6, 6.07) is 0.399. The lowest BCUT2D eigenvalue weighted by Crippen LogP contribution is -2.42. The average molecular weight is 131 g/mol. The summed E-state index contributed by atoms with van der Waals surface area (Å²) in [4.78, 5) is 0.823. The summed E-state index contributed by atoms with van der Waals surface area (Å²) in [6.07, 6.45) is 0. The Kier molecular flexibility index (Phi) is 1.81. The molecule has 1 N–H and O–H groups in total. The van der Waals surface area contributed by atoms with Crippen molar-refractivity contribution in [2.45, 2.75) is 13.0 Å². The summed E-state index contributed by atoms with van der Waals surface area (Å²) >= 11 is 4.85. The Hall–Kier alpha value is -0.150. The molecule has 8 heavy (non-hydrogen) atoms. The maximum atomic E-state index is 5.09. The lowest BCUT2D eigenvalue weighted by molar-refractivity contribution is 0.136. The lowest BCUT2D eigenvalue weighted by atomic mass is 10.3. The molecular weight excluding hydrogens is 122 g/mol. The van der Waals surface area contributed by atoms with Crippen LogP contribution in [0.3, 0.4) is 0 Å². The third kappa shape index (κ3) is 1.42. The Morgan fingerprint density at radius 2 is 2.62 bits per heavy atom. The summed E-state index contributed by atoms with van der Waals surface area (Å²) < 4.78 is 5.09. The molecule has 46 valence electrons. The first kappa shape index (κ1) is 5.98. The van der Waals surface area contributed by atoms with Gasteiger partial charge in [-0.15, -0.1) is 0 Å². The van der Waals surface area contributed by atoms with Crippen molar-refractivity contribution in [3.05, 3.63) is 0 Å². The fourth-order valence-electron chi connectivity index (χ4n) is 0.687. The molecule has 0 saturated carbocycles. The van der Waals surface area contributed by atoms with Gasteiger partial charge < -0.3 is 10.1 Å². The van der Waals surface area contributed by atoms with Gasteiger partial charge >= 0.3 is 0 Å². The SMILES string of the molecule is CC1COCC(=S)N1. The number of rotatable bonds is 0. The van der Waals surface area contributed by atoms with Crippen molar-refractivity contribution < 1.29 is 4.74 Å². The zero-order chi connectivity index (χ0) is 5.98. The highest BCUT2D eigenvalue weighted by Crippen LogP contribution is 1.92. The van der Waals surface area contributed by atoms with Gasteiger partial charge in [0.2, 0.25) is 0 Å². The van der Waals surface area contributed by atoms with Crippen LogP contribution in [-0.2, 0) is 4.74 Å². The van der Waals surface area contributed by atoms with Crippen LogP contribution in [0.4, 0.5) is 0 Å². The standard InChI is InChI=1S/C5H9NOS/c1-4-2-7-3-5(8)6-4/h4H,2-3H2,1H3,(H,6,8). The Morgan fingerprint density at radius 3 is 3.00 bits per heavy atom. The van der Waals surface area contributed by atoms with E-state index in [1.54, 1.807) is 0 Å². The van der Waals surface area contributed by atoms with Crippen molar-refractivity contribution in [1.29, 1.82) is 0 Å². The van der Waals surface area contributed by atoms with Crippen LogP contribution in [0.5, 0.6) is 0 Å². The topological polar surface area (TPSA) is 21.3 Å². The Morgan fingerprint density at radius 1 is 1.88 bits per heavy atom. The number of thiocarbonyl (C=S) groups is 1.